The Labute approximate surface area is 96.9 Å². The lowest BCUT2D eigenvalue weighted by atomic mass is 10.1. The fourth-order valence-corrected chi connectivity index (χ4v) is 3.90. The molecule has 0 aromatic carbocycles. The van der Waals surface area contributed by atoms with Crippen molar-refractivity contribution in [3.8, 4) is 0 Å². The van der Waals surface area contributed by atoms with E-state index in [0.29, 0.717) is 11.2 Å². The van der Waals surface area contributed by atoms with Crippen molar-refractivity contribution in [2.45, 2.75) is 18.9 Å². The van der Waals surface area contributed by atoms with E-state index in [0.717, 1.165) is 24.3 Å². The zero-order chi connectivity index (χ0) is 10.7. The van der Waals surface area contributed by atoms with Crippen molar-refractivity contribution in [1.82, 2.24) is 15.1 Å². The summed E-state index contributed by atoms with van der Waals surface area (Å²) in [6, 6.07) is 0.512. The summed E-state index contributed by atoms with van der Waals surface area (Å²) in [5.74, 6) is 2.52. The van der Waals surface area contributed by atoms with Gasteiger partial charge in [0.1, 0.15) is 5.51 Å². The van der Waals surface area contributed by atoms with Crippen molar-refractivity contribution < 1.29 is 4.79 Å². The molecule has 0 spiro atoms. The van der Waals surface area contributed by atoms with Crippen molar-refractivity contribution in [2.75, 3.05) is 11.9 Å². The molecule has 1 aliphatic heterocycles. The van der Waals surface area contributed by atoms with Crippen LogP contribution in [-0.4, -0.2) is 33.7 Å². The first kappa shape index (κ1) is 8.92. The third kappa shape index (κ3) is 1.13. The van der Waals surface area contributed by atoms with E-state index < -0.39 is 0 Å². The lowest BCUT2D eigenvalue weighted by molar-refractivity contribution is 0.190. The normalized spacial score (nSPS) is 38.6. The van der Waals surface area contributed by atoms with E-state index in [1.165, 1.54) is 24.2 Å². The summed E-state index contributed by atoms with van der Waals surface area (Å²) in [7, 11) is 0. The number of aromatic nitrogens is 2. The van der Waals surface area contributed by atoms with Crippen LogP contribution < -0.4 is 5.32 Å². The second-order valence-electron chi connectivity index (χ2n) is 4.95. The zero-order valence-electron chi connectivity index (χ0n) is 8.67. The van der Waals surface area contributed by atoms with Crippen LogP contribution in [0.1, 0.15) is 12.8 Å². The monoisotopic (exact) mass is 236 g/mol. The first-order chi connectivity index (χ1) is 7.83. The molecule has 2 heterocycles. The predicted octanol–water partition coefficient (Wildman–Crippen LogP) is 1.41. The molecule has 1 aromatic rings. The van der Waals surface area contributed by atoms with Gasteiger partial charge in [0, 0.05) is 12.6 Å². The molecule has 0 unspecified atom stereocenters. The van der Waals surface area contributed by atoms with E-state index in [1.54, 1.807) is 5.51 Å². The number of likely N-dealkylation sites (tertiary alicyclic amines) is 1. The van der Waals surface area contributed by atoms with E-state index in [1.807, 2.05) is 4.90 Å². The molecular weight excluding hydrogens is 224 g/mol. The van der Waals surface area contributed by atoms with Crippen LogP contribution in [0.4, 0.5) is 9.93 Å². The highest BCUT2D eigenvalue weighted by molar-refractivity contribution is 7.13. The number of anilines is 1. The van der Waals surface area contributed by atoms with Crippen molar-refractivity contribution in [3.63, 3.8) is 0 Å². The Balaban J connectivity index is 1.49. The SMILES string of the molecule is O=C(Nc1nncs1)N1C[C@@H]2C[C@H]1[C@H]1C[C@@H]21. The predicted molar refractivity (Wildman–Crippen MR) is 59.1 cm³/mol. The third-order valence-corrected chi connectivity index (χ3v) is 4.81. The van der Waals surface area contributed by atoms with Gasteiger partial charge in [-0.2, -0.15) is 0 Å². The van der Waals surface area contributed by atoms with Crippen molar-refractivity contribution in [3.05, 3.63) is 5.51 Å². The zero-order valence-corrected chi connectivity index (χ0v) is 9.48. The van der Waals surface area contributed by atoms with Crippen molar-refractivity contribution in [2.24, 2.45) is 17.8 Å². The molecule has 1 saturated heterocycles. The molecule has 3 fully saturated rings. The number of carbonyl (C=O) groups is 1. The number of hydrogen-bond donors (Lipinski definition) is 1. The number of carbonyl (C=O) groups excluding carboxylic acids is 1. The second-order valence-corrected chi connectivity index (χ2v) is 5.79. The summed E-state index contributed by atoms with van der Waals surface area (Å²) < 4.78 is 0. The van der Waals surface area contributed by atoms with Crippen LogP contribution >= 0.6 is 11.3 Å². The molecule has 16 heavy (non-hydrogen) atoms. The van der Waals surface area contributed by atoms with Crippen LogP contribution in [0.2, 0.25) is 0 Å². The molecule has 1 aromatic heterocycles. The van der Waals surface area contributed by atoms with Crippen LogP contribution in [0, 0.1) is 17.8 Å². The molecule has 3 aliphatic rings. The van der Waals surface area contributed by atoms with E-state index in [-0.39, 0.29) is 6.03 Å². The Bertz CT molecular complexity index is 434. The smallest absolute Gasteiger partial charge is 0.321 e. The molecule has 6 heteroatoms. The largest absolute Gasteiger partial charge is 0.323 e. The maximum absolute atomic E-state index is 12.0. The van der Waals surface area contributed by atoms with E-state index in [2.05, 4.69) is 15.5 Å². The molecule has 0 radical (unpaired) electrons. The number of nitrogens with one attached hydrogen (secondary N) is 1. The van der Waals surface area contributed by atoms with Crippen LogP contribution in [0.15, 0.2) is 5.51 Å². The Morgan fingerprint density at radius 3 is 3.12 bits per heavy atom. The first-order valence-electron chi connectivity index (χ1n) is 5.67. The van der Waals surface area contributed by atoms with Gasteiger partial charge in [-0.15, -0.1) is 10.2 Å². The molecule has 2 saturated carbocycles. The Hall–Kier alpha value is -1.17. The van der Waals surface area contributed by atoms with Crippen LogP contribution in [0.5, 0.6) is 0 Å². The minimum Gasteiger partial charge on any atom is -0.321 e. The lowest BCUT2D eigenvalue weighted by Gasteiger charge is -2.26. The average molecular weight is 236 g/mol. The maximum Gasteiger partial charge on any atom is 0.323 e. The van der Waals surface area contributed by atoms with Gasteiger partial charge in [-0.1, -0.05) is 11.3 Å². The summed E-state index contributed by atoms with van der Waals surface area (Å²) in [5, 5.41) is 11.0. The number of fused-ring (bicyclic) bond motifs is 5. The number of piperidine rings is 1. The fourth-order valence-electron chi connectivity index (χ4n) is 3.46. The van der Waals surface area contributed by atoms with Crippen molar-refractivity contribution >= 4 is 22.5 Å². The summed E-state index contributed by atoms with van der Waals surface area (Å²) in [4.78, 5) is 14.0. The van der Waals surface area contributed by atoms with Crippen LogP contribution in [0.3, 0.4) is 0 Å². The van der Waals surface area contributed by atoms with Gasteiger partial charge in [0.25, 0.3) is 0 Å². The molecule has 4 atom stereocenters. The Morgan fingerprint density at radius 2 is 2.44 bits per heavy atom. The van der Waals surface area contributed by atoms with Gasteiger partial charge in [0.15, 0.2) is 0 Å². The van der Waals surface area contributed by atoms with Gasteiger partial charge in [0.05, 0.1) is 0 Å². The third-order valence-electron chi connectivity index (χ3n) is 4.20. The summed E-state index contributed by atoms with van der Waals surface area (Å²) in [6.07, 6.45) is 2.57. The van der Waals surface area contributed by atoms with Gasteiger partial charge in [-0.05, 0) is 30.6 Å². The quantitative estimate of drug-likeness (QED) is 0.802. The van der Waals surface area contributed by atoms with E-state index in [4.69, 9.17) is 0 Å². The summed E-state index contributed by atoms with van der Waals surface area (Å²) in [6.45, 7) is 0.941. The number of hydrogen-bond acceptors (Lipinski definition) is 4. The lowest BCUT2D eigenvalue weighted by Crippen LogP contribution is -2.41. The van der Waals surface area contributed by atoms with Gasteiger partial charge in [0.2, 0.25) is 5.13 Å². The molecule has 5 nitrogen and oxygen atoms in total. The average Bonchev–Trinajstić information content (AvgIpc) is 2.67. The minimum absolute atomic E-state index is 0.00889. The van der Waals surface area contributed by atoms with E-state index >= 15 is 0 Å². The molecule has 84 valence electrons. The van der Waals surface area contributed by atoms with Gasteiger partial charge < -0.3 is 4.90 Å². The van der Waals surface area contributed by atoms with E-state index in [9.17, 15) is 4.79 Å². The number of nitrogens with zero attached hydrogens (tertiary/aromatic N) is 3. The second kappa shape index (κ2) is 2.94. The molecule has 2 amide bonds. The maximum atomic E-state index is 12.0. The van der Waals surface area contributed by atoms with Crippen molar-refractivity contribution in [1.29, 1.82) is 0 Å². The topological polar surface area (TPSA) is 58.1 Å². The minimum atomic E-state index is 0.00889. The summed E-state index contributed by atoms with van der Waals surface area (Å²) in [5.41, 5.74) is 1.63. The van der Waals surface area contributed by atoms with Crippen LogP contribution in [-0.2, 0) is 0 Å². The standard InChI is InChI=1S/C10H12N4OS/c15-10(12-9-13-11-4-16-9)14-3-5-1-8(14)7-2-6(5)7/h4-8H,1-3H2,(H,12,13,15)/t5-,6-,7-,8-/m0/s1. The molecule has 2 aliphatic carbocycles. The highest BCUT2D eigenvalue weighted by Gasteiger charge is 2.61. The first-order valence-corrected chi connectivity index (χ1v) is 6.54. The fraction of sp³-hybridized carbons (Fsp3) is 0.700. The Kier molecular flexibility index (Phi) is 1.64. The van der Waals surface area contributed by atoms with Gasteiger partial charge >= 0.3 is 6.03 Å². The highest BCUT2D eigenvalue weighted by Crippen LogP contribution is 2.61. The van der Waals surface area contributed by atoms with Crippen LogP contribution in [0.25, 0.3) is 0 Å². The summed E-state index contributed by atoms with van der Waals surface area (Å²) >= 11 is 1.36. The molecule has 4 rings (SSSR count). The van der Waals surface area contributed by atoms with Gasteiger partial charge in [-0.25, -0.2) is 4.79 Å². The number of amides is 2. The Morgan fingerprint density at radius 1 is 1.50 bits per heavy atom. The van der Waals surface area contributed by atoms with Gasteiger partial charge in [-0.3, -0.25) is 5.32 Å². The number of rotatable bonds is 1. The molecular formula is C10H12N4OS. The molecule has 1 N–H and O–H groups in total. The number of urea groups is 1. The highest BCUT2D eigenvalue weighted by atomic mass is 32.1. The molecule has 2 bridgehead atoms.